The molecule has 0 aliphatic heterocycles. The van der Waals surface area contributed by atoms with Crippen LogP contribution in [0, 0.1) is 0 Å². The molecule has 0 aromatic heterocycles. The van der Waals surface area contributed by atoms with Gasteiger partial charge in [-0.25, -0.2) is 0 Å². The first-order valence-corrected chi connectivity index (χ1v) is 7.41. The van der Waals surface area contributed by atoms with Crippen molar-refractivity contribution >= 4 is 5.97 Å². The molecule has 0 saturated heterocycles. The number of aliphatic hydroxyl groups is 1. The summed E-state index contributed by atoms with van der Waals surface area (Å²) in [6, 6.07) is 7.83. The van der Waals surface area contributed by atoms with Crippen LogP contribution in [0.3, 0.4) is 0 Å². The highest BCUT2D eigenvalue weighted by Crippen LogP contribution is 2.12. The van der Waals surface area contributed by atoms with Crippen LogP contribution < -0.4 is 10.1 Å². The van der Waals surface area contributed by atoms with Crippen LogP contribution in [0.4, 0.5) is 0 Å². The van der Waals surface area contributed by atoms with E-state index in [9.17, 15) is 9.90 Å². The Bertz CT molecular complexity index is 405. The molecule has 2 N–H and O–H groups in total. The number of nitrogens with one attached hydrogen (secondary N) is 1. The maximum atomic E-state index is 11.1. The standard InChI is InChI=1S/C16H25NO4/c1-3-13-5-7-15(8-6-13)21-12-14(18)11-17-10-9-16(19)20-4-2/h5-8,14,17-18H,3-4,9-12H2,1-2H3. The summed E-state index contributed by atoms with van der Waals surface area (Å²) < 4.78 is 10.3. The Hall–Kier alpha value is -1.59. The molecule has 21 heavy (non-hydrogen) atoms. The molecule has 5 nitrogen and oxygen atoms in total. The summed E-state index contributed by atoms with van der Waals surface area (Å²) in [5.74, 6) is 0.518. The van der Waals surface area contributed by atoms with E-state index in [0.717, 1.165) is 12.2 Å². The van der Waals surface area contributed by atoms with E-state index < -0.39 is 6.10 Å². The first-order valence-electron chi connectivity index (χ1n) is 7.41. The number of benzene rings is 1. The van der Waals surface area contributed by atoms with Gasteiger partial charge in [0, 0.05) is 13.1 Å². The van der Waals surface area contributed by atoms with Gasteiger partial charge in [0.05, 0.1) is 13.0 Å². The average Bonchev–Trinajstić information content (AvgIpc) is 2.50. The predicted octanol–water partition coefficient (Wildman–Crippen LogP) is 1.53. The highest BCUT2D eigenvalue weighted by atomic mass is 16.5. The summed E-state index contributed by atoms with van der Waals surface area (Å²) in [6.45, 7) is 5.36. The van der Waals surface area contributed by atoms with Crippen molar-refractivity contribution in [1.29, 1.82) is 0 Å². The van der Waals surface area contributed by atoms with E-state index in [1.54, 1.807) is 6.92 Å². The lowest BCUT2D eigenvalue weighted by Crippen LogP contribution is -2.32. The zero-order chi connectivity index (χ0) is 15.5. The largest absolute Gasteiger partial charge is 0.491 e. The third-order valence-corrected chi connectivity index (χ3v) is 2.97. The van der Waals surface area contributed by atoms with Crippen molar-refractivity contribution in [2.45, 2.75) is 32.8 Å². The monoisotopic (exact) mass is 295 g/mol. The van der Waals surface area contributed by atoms with Crippen molar-refractivity contribution in [2.24, 2.45) is 0 Å². The maximum absolute atomic E-state index is 11.1. The van der Waals surface area contributed by atoms with E-state index in [0.29, 0.717) is 26.1 Å². The van der Waals surface area contributed by atoms with E-state index in [1.165, 1.54) is 5.56 Å². The van der Waals surface area contributed by atoms with Gasteiger partial charge < -0.3 is 19.9 Å². The van der Waals surface area contributed by atoms with Crippen LogP contribution in [0.5, 0.6) is 5.75 Å². The fraction of sp³-hybridized carbons (Fsp3) is 0.562. The van der Waals surface area contributed by atoms with Crippen LogP contribution in [-0.2, 0) is 16.0 Å². The lowest BCUT2D eigenvalue weighted by molar-refractivity contribution is -0.143. The molecule has 0 amide bonds. The molecule has 0 bridgehead atoms. The van der Waals surface area contributed by atoms with Gasteiger partial charge in [-0.05, 0) is 31.0 Å². The van der Waals surface area contributed by atoms with Gasteiger partial charge in [-0.2, -0.15) is 0 Å². The van der Waals surface area contributed by atoms with Gasteiger partial charge in [0.25, 0.3) is 0 Å². The molecule has 1 rings (SSSR count). The van der Waals surface area contributed by atoms with Gasteiger partial charge >= 0.3 is 5.97 Å². The van der Waals surface area contributed by atoms with Gasteiger partial charge in [-0.15, -0.1) is 0 Å². The number of esters is 1. The number of carbonyl (C=O) groups excluding carboxylic acids is 1. The van der Waals surface area contributed by atoms with E-state index in [2.05, 4.69) is 12.2 Å². The summed E-state index contributed by atoms with van der Waals surface area (Å²) in [4.78, 5) is 11.1. The fourth-order valence-electron chi connectivity index (χ4n) is 1.77. The normalized spacial score (nSPS) is 12.0. The van der Waals surface area contributed by atoms with Crippen molar-refractivity contribution in [3.63, 3.8) is 0 Å². The molecule has 1 unspecified atom stereocenters. The molecule has 0 heterocycles. The second-order valence-electron chi connectivity index (χ2n) is 4.72. The zero-order valence-corrected chi connectivity index (χ0v) is 12.8. The zero-order valence-electron chi connectivity index (χ0n) is 12.8. The fourth-order valence-corrected chi connectivity index (χ4v) is 1.77. The topological polar surface area (TPSA) is 67.8 Å². The lowest BCUT2D eigenvalue weighted by atomic mass is 10.2. The van der Waals surface area contributed by atoms with Crippen molar-refractivity contribution in [3.8, 4) is 5.75 Å². The van der Waals surface area contributed by atoms with Crippen LogP contribution >= 0.6 is 0 Å². The van der Waals surface area contributed by atoms with Gasteiger partial charge in [0.2, 0.25) is 0 Å². The summed E-state index contributed by atoms with van der Waals surface area (Å²) in [5.41, 5.74) is 1.25. The molecule has 1 aromatic carbocycles. The van der Waals surface area contributed by atoms with Crippen LogP contribution in [0.2, 0.25) is 0 Å². The number of aliphatic hydroxyl groups excluding tert-OH is 1. The average molecular weight is 295 g/mol. The SMILES string of the molecule is CCOC(=O)CCNCC(O)COc1ccc(CC)cc1. The molecule has 0 aliphatic carbocycles. The Morgan fingerprint density at radius 3 is 2.62 bits per heavy atom. The second kappa shape index (κ2) is 10.2. The van der Waals surface area contributed by atoms with Crippen LogP contribution in [-0.4, -0.2) is 43.5 Å². The van der Waals surface area contributed by atoms with E-state index in [-0.39, 0.29) is 12.6 Å². The molecular formula is C16H25NO4. The number of carbonyl (C=O) groups is 1. The number of rotatable bonds is 10. The molecule has 1 atom stereocenters. The Morgan fingerprint density at radius 1 is 1.29 bits per heavy atom. The third kappa shape index (κ3) is 7.68. The predicted molar refractivity (Wildman–Crippen MR) is 81.4 cm³/mol. The molecule has 0 aliphatic rings. The van der Waals surface area contributed by atoms with Crippen LogP contribution in [0.1, 0.15) is 25.8 Å². The van der Waals surface area contributed by atoms with E-state index in [1.807, 2.05) is 24.3 Å². The quantitative estimate of drug-likeness (QED) is 0.506. The molecule has 1 aromatic rings. The van der Waals surface area contributed by atoms with Crippen molar-refractivity contribution < 1.29 is 19.4 Å². The van der Waals surface area contributed by atoms with Crippen LogP contribution in [0.25, 0.3) is 0 Å². The summed E-state index contributed by atoms with van der Waals surface area (Å²) in [6.07, 6.45) is 0.686. The van der Waals surface area contributed by atoms with Gasteiger partial charge in [0.15, 0.2) is 0 Å². The Balaban J connectivity index is 2.13. The minimum atomic E-state index is -0.613. The summed E-state index contributed by atoms with van der Waals surface area (Å²) in [7, 11) is 0. The number of hydrogen-bond donors (Lipinski definition) is 2. The maximum Gasteiger partial charge on any atom is 0.307 e. The highest BCUT2D eigenvalue weighted by Gasteiger charge is 2.06. The van der Waals surface area contributed by atoms with Crippen molar-refractivity contribution in [2.75, 3.05) is 26.3 Å². The molecular weight excluding hydrogens is 270 g/mol. The smallest absolute Gasteiger partial charge is 0.307 e. The van der Waals surface area contributed by atoms with Gasteiger partial charge in [0.1, 0.15) is 18.5 Å². The third-order valence-electron chi connectivity index (χ3n) is 2.97. The molecule has 0 saturated carbocycles. The summed E-state index contributed by atoms with van der Waals surface area (Å²) >= 11 is 0. The molecule has 0 spiro atoms. The highest BCUT2D eigenvalue weighted by molar-refractivity contribution is 5.69. The Morgan fingerprint density at radius 2 is 2.00 bits per heavy atom. The van der Waals surface area contributed by atoms with Crippen molar-refractivity contribution in [1.82, 2.24) is 5.32 Å². The van der Waals surface area contributed by atoms with Crippen LogP contribution in [0.15, 0.2) is 24.3 Å². The van der Waals surface area contributed by atoms with Crippen molar-refractivity contribution in [3.05, 3.63) is 29.8 Å². The Labute approximate surface area is 126 Å². The minimum Gasteiger partial charge on any atom is -0.491 e. The molecule has 0 radical (unpaired) electrons. The first-order chi connectivity index (χ1) is 10.2. The lowest BCUT2D eigenvalue weighted by Gasteiger charge is -2.13. The number of aryl methyl sites for hydroxylation is 1. The minimum absolute atomic E-state index is 0.220. The molecule has 0 fully saturated rings. The van der Waals surface area contributed by atoms with E-state index >= 15 is 0 Å². The van der Waals surface area contributed by atoms with Gasteiger partial charge in [-0.1, -0.05) is 19.1 Å². The van der Waals surface area contributed by atoms with E-state index in [4.69, 9.17) is 9.47 Å². The Kier molecular flexibility index (Phi) is 8.47. The molecule has 118 valence electrons. The number of hydrogen-bond acceptors (Lipinski definition) is 5. The summed E-state index contributed by atoms with van der Waals surface area (Å²) in [5, 5.41) is 12.8. The first kappa shape index (κ1) is 17.5. The molecule has 5 heteroatoms. The van der Waals surface area contributed by atoms with Gasteiger partial charge in [-0.3, -0.25) is 4.79 Å². The second-order valence-corrected chi connectivity index (χ2v) is 4.72. The number of ether oxygens (including phenoxy) is 2.